The molecular formula is C11H5BrF3NO3. The van der Waals surface area contributed by atoms with Crippen LogP contribution in [-0.4, -0.2) is 16.2 Å². The van der Waals surface area contributed by atoms with Crippen LogP contribution in [0.1, 0.15) is 16.1 Å². The van der Waals surface area contributed by atoms with Gasteiger partial charge < -0.3 is 9.63 Å². The molecule has 0 saturated carbocycles. The molecule has 1 heterocycles. The molecule has 4 nitrogen and oxygen atoms in total. The fourth-order valence-electron chi connectivity index (χ4n) is 1.50. The number of hydrogen-bond donors (Lipinski definition) is 1. The second kappa shape index (κ2) is 4.69. The van der Waals surface area contributed by atoms with Gasteiger partial charge in [0.2, 0.25) is 0 Å². The van der Waals surface area contributed by atoms with Crippen molar-refractivity contribution in [1.82, 2.24) is 5.16 Å². The zero-order valence-electron chi connectivity index (χ0n) is 9.03. The highest BCUT2D eigenvalue weighted by Gasteiger charge is 2.35. The lowest BCUT2D eigenvalue weighted by Crippen LogP contribution is -2.07. The number of carbonyl (C=O) groups is 1. The first-order chi connectivity index (χ1) is 8.80. The highest BCUT2D eigenvalue weighted by Crippen LogP contribution is 2.41. The lowest BCUT2D eigenvalue weighted by molar-refractivity contribution is -0.137. The van der Waals surface area contributed by atoms with E-state index in [2.05, 4.69) is 25.6 Å². The molecule has 0 unspecified atom stereocenters. The van der Waals surface area contributed by atoms with E-state index in [0.29, 0.717) is 0 Å². The minimum atomic E-state index is -4.59. The van der Waals surface area contributed by atoms with Gasteiger partial charge in [-0.1, -0.05) is 27.2 Å². The topological polar surface area (TPSA) is 63.3 Å². The number of nitrogens with zero attached hydrogens (tertiary/aromatic N) is 1. The first-order valence-corrected chi connectivity index (χ1v) is 5.66. The number of carboxylic acid groups (broad SMARTS) is 1. The van der Waals surface area contributed by atoms with Crippen LogP contribution in [0.2, 0.25) is 0 Å². The summed E-state index contributed by atoms with van der Waals surface area (Å²) in [6.07, 6.45) is -4.59. The van der Waals surface area contributed by atoms with E-state index < -0.39 is 23.4 Å². The summed E-state index contributed by atoms with van der Waals surface area (Å²) in [7, 11) is 0. The van der Waals surface area contributed by atoms with Crippen molar-refractivity contribution in [3.8, 4) is 11.3 Å². The van der Waals surface area contributed by atoms with E-state index >= 15 is 0 Å². The van der Waals surface area contributed by atoms with Gasteiger partial charge in [0.1, 0.15) is 0 Å². The van der Waals surface area contributed by atoms with Crippen LogP contribution in [0.4, 0.5) is 13.2 Å². The molecule has 0 aliphatic carbocycles. The van der Waals surface area contributed by atoms with E-state index in [9.17, 15) is 18.0 Å². The third-order valence-electron chi connectivity index (χ3n) is 2.29. The van der Waals surface area contributed by atoms with E-state index in [4.69, 9.17) is 5.11 Å². The first-order valence-electron chi connectivity index (χ1n) is 4.87. The third-order valence-corrected chi connectivity index (χ3v) is 2.96. The second-order valence-electron chi connectivity index (χ2n) is 3.54. The minimum Gasteiger partial charge on any atom is -0.476 e. The Kier molecular flexibility index (Phi) is 3.36. The van der Waals surface area contributed by atoms with Crippen molar-refractivity contribution in [2.45, 2.75) is 6.18 Å². The SMILES string of the molecule is O=C(O)c1cc(-c2c(Br)cccc2C(F)(F)F)on1. The summed E-state index contributed by atoms with van der Waals surface area (Å²) in [6.45, 7) is 0. The number of hydrogen-bond acceptors (Lipinski definition) is 3. The molecule has 0 fully saturated rings. The predicted molar refractivity (Wildman–Crippen MR) is 61.6 cm³/mol. The number of benzene rings is 1. The number of carboxylic acids is 1. The van der Waals surface area contributed by atoms with Crippen molar-refractivity contribution >= 4 is 21.9 Å². The molecule has 2 aromatic rings. The molecule has 19 heavy (non-hydrogen) atoms. The molecule has 0 radical (unpaired) electrons. The summed E-state index contributed by atoms with van der Waals surface area (Å²) in [6, 6.07) is 4.44. The Morgan fingerprint density at radius 2 is 2.05 bits per heavy atom. The number of aromatic nitrogens is 1. The van der Waals surface area contributed by atoms with Gasteiger partial charge in [-0.2, -0.15) is 13.2 Å². The molecule has 0 atom stereocenters. The van der Waals surface area contributed by atoms with Crippen LogP contribution in [0.25, 0.3) is 11.3 Å². The molecule has 0 amide bonds. The molecule has 100 valence electrons. The van der Waals surface area contributed by atoms with Gasteiger partial charge in [-0.15, -0.1) is 0 Å². The largest absolute Gasteiger partial charge is 0.476 e. The fraction of sp³-hybridized carbons (Fsp3) is 0.0909. The lowest BCUT2D eigenvalue weighted by atomic mass is 10.0. The Morgan fingerprint density at radius 3 is 2.58 bits per heavy atom. The summed E-state index contributed by atoms with van der Waals surface area (Å²) < 4.78 is 43.4. The third kappa shape index (κ3) is 2.62. The van der Waals surface area contributed by atoms with Crippen LogP contribution >= 0.6 is 15.9 Å². The fourth-order valence-corrected chi connectivity index (χ4v) is 2.07. The molecule has 1 aromatic carbocycles. The monoisotopic (exact) mass is 335 g/mol. The maximum atomic E-state index is 12.9. The average Bonchev–Trinajstić information content (AvgIpc) is 2.76. The van der Waals surface area contributed by atoms with Crippen LogP contribution in [0.3, 0.4) is 0 Å². The standard InChI is InChI=1S/C11H5BrF3NO3/c12-6-3-1-2-5(11(13,14)15)9(6)8-4-7(10(17)18)16-19-8/h1-4H,(H,17,18). The Morgan fingerprint density at radius 1 is 1.37 bits per heavy atom. The highest BCUT2D eigenvalue weighted by atomic mass is 79.9. The molecule has 0 spiro atoms. The van der Waals surface area contributed by atoms with Crippen LogP contribution in [0.5, 0.6) is 0 Å². The molecule has 8 heteroatoms. The van der Waals surface area contributed by atoms with E-state index in [1.54, 1.807) is 0 Å². The normalized spacial score (nSPS) is 11.6. The predicted octanol–water partition coefficient (Wildman–Crippen LogP) is 3.82. The van der Waals surface area contributed by atoms with Crippen LogP contribution in [0.15, 0.2) is 33.3 Å². The van der Waals surface area contributed by atoms with Crippen molar-refractivity contribution in [1.29, 1.82) is 0 Å². The summed E-state index contributed by atoms with van der Waals surface area (Å²) in [4.78, 5) is 10.7. The maximum Gasteiger partial charge on any atom is 0.417 e. The van der Waals surface area contributed by atoms with E-state index in [1.807, 2.05) is 0 Å². The van der Waals surface area contributed by atoms with Gasteiger partial charge >= 0.3 is 12.1 Å². The summed E-state index contributed by atoms with van der Waals surface area (Å²) in [5, 5.41) is 11.9. The molecule has 0 bridgehead atoms. The lowest BCUT2D eigenvalue weighted by Gasteiger charge is -2.11. The number of aromatic carboxylic acids is 1. The molecule has 0 saturated heterocycles. The van der Waals surface area contributed by atoms with Gasteiger partial charge in [0, 0.05) is 16.1 Å². The van der Waals surface area contributed by atoms with Crippen molar-refractivity contribution in [3.63, 3.8) is 0 Å². The summed E-state index contributed by atoms with van der Waals surface area (Å²) >= 11 is 2.99. The molecule has 1 N–H and O–H groups in total. The van der Waals surface area contributed by atoms with Crippen molar-refractivity contribution in [2.24, 2.45) is 0 Å². The number of alkyl halides is 3. The Bertz CT molecular complexity index is 636. The molecule has 0 aliphatic heterocycles. The number of rotatable bonds is 2. The Labute approximate surface area is 113 Å². The van der Waals surface area contributed by atoms with Gasteiger partial charge in [0.15, 0.2) is 11.5 Å². The first kappa shape index (κ1) is 13.6. The summed E-state index contributed by atoms with van der Waals surface area (Å²) in [5.41, 5.74) is -1.68. The smallest absolute Gasteiger partial charge is 0.417 e. The van der Waals surface area contributed by atoms with E-state index in [1.165, 1.54) is 12.1 Å². The van der Waals surface area contributed by atoms with Gasteiger partial charge in [0.25, 0.3) is 0 Å². The Balaban J connectivity index is 2.63. The zero-order valence-corrected chi connectivity index (χ0v) is 10.6. The Hall–Kier alpha value is -1.83. The van der Waals surface area contributed by atoms with Crippen molar-refractivity contribution in [3.05, 3.63) is 40.0 Å². The van der Waals surface area contributed by atoms with Gasteiger partial charge in [0.05, 0.1) is 5.56 Å². The zero-order chi connectivity index (χ0) is 14.2. The quantitative estimate of drug-likeness (QED) is 0.906. The van der Waals surface area contributed by atoms with Gasteiger partial charge in [-0.25, -0.2) is 4.79 Å². The van der Waals surface area contributed by atoms with Crippen LogP contribution in [0, 0.1) is 0 Å². The van der Waals surface area contributed by atoms with Crippen molar-refractivity contribution in [2.75, 3.05) is 0 Å². The minimum absolute atomic E-state index is 0.135. The van der Waals surface area contributed by atoms with Crippen molar-refractivity contribution < 1.29 is 27.6 Å². The number of halogens is 4. The maximum absolute atomic E-state index is 12.9. The van der Waals surface area contributed by atoms with Gasteiger partial charge in [-0.3, -0.25) is 0 Å². The average molecular weight is 336 g/mol. The molecule has 1 aromatic heterocycles. The highest BCUT2D eigenvalue weighted by molar-refractivity contribution is 9.10. The van der Waals surface area contributed by atoms with Crippen LogP contribution in [-0.2, 0) is 6.18 Å². The second-order valence-corrected chi connectivity index (χ2v) is 4.40. The molecular weight excluding hydrogens is 331 g/mol. The molecule has 2 rings (SSSR count). The summed E-state index contributed by atoms with van der Waals surface area (Å²) in [5.74, 6) is -1.65. The van der Waals surface area contributed by atoms with E-state index in [-0.39, 0.29) is 15.8 Å². The van der Waals surface area contributed by atoms with Crippen LogP contribution < -0.4 is 0 Å². The molecule has 0 aliphatic rings. The van der Waals surface area contributed by atoms with E-state index in [0.717, 1.165) is 12.1 Å². The van der Waals surface area contributed by atoms with Gasteiger partial charge in [-0.05, 0) is 12.1 Å².